The van der Waals surface area contributed by atoms with E-state index < -0.39 is 34.3 Å². The topological polar surface area (TPSA) is 114 Å². The highest BCUT2D eigenvalue weighted by molar-refractivity contribution is 6.00. The first-order valence-electron chi connectivity index (χ1n) is 7.38. The van der Waals surface area contributed by atoms with E-state index in [0.29, 0.717) is 0 Å². The Morgan fingerprint density at radius 2 is 2.00 bits per heavy atom. The van der Waals surface area contributed by atoms with Gasteiger partial charge in [0.1, 0.15) is 6.04 Å². The average Bonchev–Trinajstić information content (AvgIpc) is 3.08. The van der Waals surface area contributed by atoms with Gasteiger partial charge in [0.15, 0.2) is 5.76 Å². The maximum Gasteiger partial charge on any atom is 0.306 e. The van der Waals surface area contributed by atoms with E-state index in [1.165, 1.54) is 24.5 Å². The minimum Gasteiger partial charge on any atom is -0.459 e. The molecule has 0 aliphatic carbocycles. The van der Waals surface area contributed by atoms with Gasteiger partial charge in [-0.05, 0) is 30.2 Å². The number of nitrogens with zero attached hydrogens (tertiary/aromatic N) is 1. The number of carbonyl (C=O) groups is 2. The Balaban J connectivity index is 2.14. The van der Waals surface area contributed by atoms with E-state index in [0.717, 1.165) is 12.1 Å². The Morgan fingerprint density at radius 1 is 1.28 bits per heavy atom. The van der Waals surface area contributed by atoms with Crippen molar-refractivity contribution in [2.75, 3.05) is 5.32 Å². The fraction of sp³-hybridized carbons (Fsp3) is 0.250. The summed E-state index contributed by atoms with van der Waals surface area (Å²) in [5.41, 5.74) is -0.700. The number of nitro groups is 1. The molecule has 2 N–H and O–H groups in total. The Bertz CT molecular complexity index is 789. The van der Waals surface area contributed by atoms with Gasteiger partial charge < -0.3 is 15.1 Å². The summed E-state index contributed by atoms with van der Waals surface area (Å²) < 4.78 is 18.3. The highest BCUT2D eigenvalue weighted by Crippen LogP contribution is 2.22. The molecule has 2 amide bonds. The van der Waals surface area contributed by atoms with Gasteiger partial charge in [0, 0.05) is 11.8 Å². The number of nitrogens with one attached hydrogen (secondary N) is 2. The van der Waals surface area contributed by atoms with Crippen molar-refractivity contribution in [2.45, 2.75) is 19.9 Å². The van der Waals surface area contributed by atoms with Crippen LogP contribution in [0.2, 0.25) is 0 Å². The lowest BCUT2D eigenvalue weighted by Gasteiger charge is -2.21. The van der Waals surface area contributed by atoms with Crippen LogP contribution >= 0.6 is 0 Å². The maximum absolute atomic E-state index is 13.4. The molecule has 0 radical (unpaired) electrons. The quantitative estimate of drug-likeness (QED) is 0.615. The van der Waals surface area contributed by atoms with Crippen LogP contribution in [0.1, 0.15) is 24.4 Å². The fourth-order valence-corrected chi connectivity index (χ4v) is 2.11. The molecule has 0 aliphatic heterocycles. The first kappa shape index (κ1) is 18.1. The standard InChI is InChI=1S/C16H16FN3O5/c1-9(2)14(19-15(21)13-4-3-7-25-13)16(22)18-10-5-6-11(17)12(8-10)20(23)24/h3-9,14H,1-2H3,(H,18,22)(H,19,21)/t14-/m0/s1. The van der Waals surface area contributed by atoms with E-state index in [1.54, 1.807) is 13.8 Å². The van der Waals surface area contributed by atoms with Crippen LogP contribution in [-0.2, 0) is 4.79 Å². The summed E-state index contributed by atoms with van der Waals surface area (Å²) in [5, 5.41) is 15.7. The normalized spacial score (nSPS) is 11.8. The van der Waals surface area contributed by atoms with E-state index in [4.69, 9.17) is 4.42 Å². The molecular formula is C16H16FN3O5. The van der Waals surface area contributed by atoms with E-state index in [9.17, 15) is 24.1 Å². The zero-order valence-corrected chi connectivity index (χ0v) is 13.5. The number of benzene rings is 1. The number of rotatable bonds is 6. The molecule has 2 rings (SSSR count). The van der Waals surface area contributed by atoms with Gasteiger partial charge in [-0.25, -0.2) is 0 Å². The monoisotopic (exact) mass is 349 g/mol. The number of hydrogen-bond donors (Lipinski definition) is 2. The second kappa shape index (κ2) is 7.56. The third-order valence-corrected chi connectivity index (χ3v) is 3.39. The van der Waals surface area contributed by atoms with Crippen molar-refractivity contribution in [1.82, 2.24) is 5.32 Å². The summed E-state index contributed by atoms with van der Waals surface area (Å²) in [4.78, 5) is 34.3. The molecule has 8 nitrogen and oxygen atoms in total. The molecule has 1 atom stereocenters. The van der Waals surface area contributed by atoms with Gasteiger partial charge in [0.05, 0.1) is 11.2 Å². The molecule has 1 heterocycles. The maximum atomic E-state index is 13.4. The first-order valence-corrected chi connectivity index (χ1v) is 7.38. The molecule has 2 aromatic rings. The van der Waals surface area contributed by atoms with Gasteiger partial charge in [-0.15, -0.1) is 0 Å². The number of halogens is 1. The molecule has 0 aliphatic rings. The highest BCUT2D eigenvalue weighted by atomic mass is 19.1. The second-order valence-electron chi connectivity index (χ2n) is 5.59. The van der Waals surface area contributed by atoms with Crippen LogP contribution in [0.3, 0.4) is 0 Å². The minimum absolute atomic E-state index is 0.0517. The molecule has 0 saturated carbocycles. The molecule has 1 aromatic heterocycles. The predicted molar refractivity (Wildman–Crippen MR) is 86.5 cm³/mol. The molecule has 0 fully saturated rings. The SMILES string of the molecule is CC(C)[C@H](NC(=O)c1ccco1)C(=O)Nc1ccc(F)c([N+](=O)[O-])c1. The van der Waals surface area contributed by atoms with E-state index in [1.807, 2.05) is 0 Å². The highest BCUT2D eigenvalue weighted by Gasteiger charge is 2.26. The Labute approximate surface area is 142 Å². The van der Waals surface area contributed by atoms with Crippen molar-refractivity contribution in [3.8, 4) is 0 Å². The lowest BCUT2D eigenvalue weighted by atomic mass is 10.0. The van der Waals surface area contributed by atoms with Crippen molar-refractivity contribution >= 4 is 23.2 Å². The number of hydrogen-bond acceptors (Lipinski definition) is 5. The van der Waals surface area contributed by atoms with Crippen LogP contribution in [0, 0.1) is 21.8 Å². The number of furan rings is 1. The van der Waals surface area contributed by atoms with Crippen LogP contribution in [-0.4, -0.2) is 22.8 Å². The van der Waals surface area contributed by atoms with E-state index in [2.05, 4.69) is 10.6 Å². The smallest absolute Gasteiger partial charge is 0.306 e. The Hall–Kier alpha value is -3.23. The van der Waals surface area contributed by atoms with Crippen LogP contribution in [0.25, 0.3) is 0 Å². The van der Waals surface area contributed by atoms with Gasteiger partial charge in [-0.1, -0.05) is 13.8 Å². The molecule has 0 spiro atoms. The largest absolute Gasteiger partial charge is 0.459 e. The molecular weight excluding hydrogens is 333 g/mol. The van der Waals surface area contributed by atoms with Crippen LogP contribution in [0.5, 0.6) is 0 Å². The van der Waals surface area contributed by atoms with Crippen molar-refractivity contribution in [3.05, 3.63) is 58.3 Å². The van der Waals surface area contributed by atoms with Crippen molar-refractivity contribution in [1.29, 1.82) is 0 Å². The summed E-state index contributed by atoms with van der Waals surface area (Å²) in [5.74, 6) is -2.38. The van der Waals surface area contributed by atoms with Crippen molar-refractivity contribution in [2.24, 2.45) is 5.92 Å². The van der Waals surface area contributed by atoms with Gasteiger partial charge in [-0.2, -0.15) is 4.39 Å². The molecule has 0 bridgehead atoms. The summed E-state index contributed by atoms with van der Waals surface area (Å²) in [6.45, 7) is 3.44. The van der Waals surface area contributed by atoms with Crippen LogP contribution in [0.4, 0.5) is 15.8 Å². The Kier molecular flexibility index (Phi) is 5.48. The molecule has 25 heavy (non-hydrogen) atoms. The van der Waals surface area contributed by atoms with E-state index >= 15 is 0 Å². The lowest BCUT2D eigenvalue weighted by Crippen LogP contribution is -2.47. The van der Waals surface area contributed by atoms with Crippen molar-refractivity contribution in [3.63, 3.8) is 0 Å². The third-order valence-electron chi connectivity index (χ3n) is 3.39. The summed E-state index contributed by atoms with van der Waals surface area (Å²) in [6, 6.07) is 5.08. The van der Waals surface area contributed by atoms with Crippen LogP contribution in [0.15, 0.2) is 41.0 Å². The fourth-order valence-electron chi connectivity index (χ4n) is 2.11. The number of carbonyl (C=O) groups excluding carboxylic acids is 2. The number of amides is 2. The van der Waals surface area contributed by atoms with Gasteiger partial charge in [0.25, 0.3) is 5.91 Å². The van der Waals surface area contributed by atoms with Gasteiger partial charge in [-0.3, -0.25) is 19.7 Å². The Morgan fingerprint density at radius 3 is 2.56 bits per heavy atom. The van der Waals surface area contributed by atoms with Crippen LogP contribution < -0.4 is 10.6 Å². The zero-order valence-electron chi connectivity index (χ0n) is 13.5. The summed E-state index contributed by atoms with van der Waals surface area (Å²) in [6.07, 6.45) is 1.33. The van der Waals surface area contributed by atoms with Gasteiger partial charge >= 0.3 is 5.69 Å². The molecule has 0 unspecified atom stereocenters. The summed E-state index contributed by atoms with van der Waals surface area (Å²) in [7, 11) is 0. The first-order chi connectivity index (χ1) is 11.8. The minimum atomic E-state index is -1.01. The summed E-state index contributed by atoms with van der Waals surface area (Å²) >= 11 is 0. The number of nitro benzene ring substituents is 1. The second-order valence-corrected chi connectivity index (χ2v) is 5.59. The zero-order chi connectivity index (χ0) is 18.6. The lowest BCUT2D eigenvalue weighted by molar-refractivity contribution is -0.387. The number of anilines is 1. The molecule has 0 saturated heterocycles. The molecule has 132 valence electrons. The molecule has 1 aromatic carbocycles. The van der Waals surface area contributed by atoms with Gasteiger partial charge in [0.2, 0.25) is 11.7 Å². The average molecular weight is 349 g/mol. The predicted octanol–water partition coefficient (Wildman–Crippen LogP) is 2.72. The third kappa shape index (κ3) is 4.40. The van der Waals surface area contributed by atoms with E-state index in [-0.39, 0.29) is 17.4 Å². The van der Waals surface area contributed by atoms with Crippen molar-refractivity contribution < 1.29 is 23.3 Å². The molecule has 9 heteroatoms.